The molecule has 0 aliphatic carbocycles. The lowest BCUT2D eigenvalue weighted by Crippen LogP contribution is -2.33. The van der Waals surface area contributed by atoms with Crippen molar-refractivity contribution in [2.24, 2.45) is 5.73 Å². The Morgan fingerprint density at radius 3 is 2.11 bits per heavy atom. The summed E-state index contributed by atoms with van der Waals surface area (Å²) in [5.74, 6) is 0.946. The predicted molar refractivity (Wildman–Crippen MR) is 146 cm³/mol. The summed E-state index contributed by atoms with van der Waals surface area (Å²) in [6.45, 7) is 0.778. The molecule has 37 heavy (non-hydrogen) atoms. The first-order valence-electron chi connectivity index (χ1n) is 11.9. The smallest absolute Gasteiger partial charge is 0.247 e. The van der Waals surface area contributed by atoms with Gasteiger partial charge in [-0.2, -0.15) is 0 Å². The molecule has 4 rings (SSSR count). The van der Waals surface area contributed by atoms with Gasteiger partial charge in [-0.3, -0.25) is 10.2 Å². The normalized spacial score (nSPS) is 11.3. The van der Waals surface area contributed by atoms with Crippen molar-refractivity contribution in [3.8, 4) is 11.5 Å². The molecule has 0 unspecified atom stereocenters. The maximum Gasteiger partial charge on any atom is 0.247 e. The van der Waals surface area contributed by atoms with Crippen molar-refractivity contribution >= 4 is 17.4 Å². The Morgan fingerprint density at radius 2 is 1.49 bits per heavy atom. The highest BCUT2D eigenvalue weighted by atomic mass is 16.5. The summed E-state index contributed by atoms with van der Waals surface area (Å²) < 4.78 is 11.6. The zero-order valence-corrected chi connectivity index (χ0v) is 20.6. The fourth-order valence-electron chi connectivity index (χ4n) is 3.80. The first-order valence-corrected chi connectivity index (χ1v) is 11.9. The Bertz CT molecular complexity index is 1330. The van der Waals surface area contributed by atoms with Gasteiger partial charge in [-0.15, -0.1) is 0 Å². The van der Waals surface area contributed by atoms with Crippen molar-refractivity contribution in [2.75, 3.05) is 12.4 Å². The third-order valence-electron chi connectivity index (χ3n) is 5.80. The topological polar surface area (TPSA) is 109 Å². The van der Waals surface area contributed by atoms with Gasteiger partial charge in [-0.05, 0) is 53.1 Å². The summed E-state index contributed by atoms with van der Waals surface area (Å²) in [4.78, 5) is 13.5. The third-order valence-corrected chi connectivity index (χ3v) is 5.80. The average Bonchev–Trinajstić information content (AvgIpc) is 2.94. The summed E-state index contributed by atoms with van der Waals surface area (Å²) in [6.07, 6.45) is 0. The molecule has 0 bridgehead atoms. The second-order valence-corrected chi connectivity index (χ2v) is 8.49. The minimum absolute atomic E-state index is 0.0169. The van der Waals surface area contributed by atoms with E-state index in [1.807, 2.05) is 72.8 Å². The van der Waals surface area contributed by atoms with Gasteiger partial charge in [0.1, 0.15) is 30.0 Å². The SMILES string of the molecule is COc1cc(OCc2ccccc2)cc([C@H](Nc2ccc(C(=N)N)cc2)C(=O)NCc2ccccc2)c1. The summed E-state index contributed by atoms with van der Waals surface area (Å²) in [6, 6.07) is 31.4. The minimum atomic E-state index is -0.735. The Kier molecular flexibility index (Phi) is 8.39. The van der Waals surface area contributed by atoms with Gasteiger partial charge in [-0.1, -0.05) is 60.7 Å². The fraction of sp³-hybridized carbons (Fsp3) is 0.133. The number of methoxy groups -OCH3 is 1. The summed E-state index contributed by atoms with van der Waals surface area (Å²) in [5.41, 5.74) is 9.62. The van der Waals surface area contributed by atoms with Crippen LogP contribution in [0.3, 0.4) is 0 Å². The van der Waals surface area contributed by atoms with Crippen molar-refractivity contribution in [1.82, 2.24) is 5.32 Å². The van der Waals surface area contributed by atoms with Crippen LogP contribution in [0.1, 0.15) is 28.3 Å². The van der Waals surface area contributed by atoms with Crippen LogP contribution in [0.5, 0.6) is 11.5 Å². The van der Waals surface area contributed by atoms with Gasteiger partial charge < -0.3 is 25.8 Å². The molecule has 188 valence electrons. The first kappa shape index (κ1) is 25.3. The van der Waals surface area contributed by atoms with Gasteiger partial charge >= 0.3 is 0 Å². The van der Waals surface area contributed by atoms with Crippen LogP contribution < -0.4 is 25.8 Å². The van der Waals surface area contributed by atoms with Gasteiger partial charge in [0.05, 0.1) is 7.11 Å². The standard InChI is InChI=1S/C30H30N4O3/c1-36-26-16-24(17-27(18-26)37-20-22-10-6-3-7-11-22)28(30(35)33-19-21-8-4-2-5-9-21)34-25-14-12-23(13-15-25)29(31)32/h2-18,28,34H,19-20H2,1H3,(H3,31,32)(H,33,35)/t28-/m0/s1. The Labute approximate surface area is 216 Å². The largest absolute Gasteiger partial charge is 0.497 e. The molecule has 0 aliphatic rings. The molecule has 0 saturated heterocycles. The molecule has 0 radical (unpaired) electrons. The van der Waals surface area contributed by atoms with E-state index in [0.717, 1.165) is 11.1 Å². The van der Waals surface area contributed by atoms with E-state index in [0.29, 0.717) is 41.5 Å². The molecule has 1 atom stereocenters. The quantitative estimate of drug-likeness (QED) is 0.173. The maximum atomic E-state index is 13.5. The average molecular weight is 495 g/mol. The Hall–Kier alpha value is -4.78. The molecule has 4 aromatic carbocycles. The summed E-state index contributed by atoms with van der Waals surface area (Å²) in [5, 5.41) is 14.0. The summed E-state index contributed by atoms with van der Waals surface area (Å²) >= 11 is 0. The van der Waals surface area contributed by atoms with Crippen LogP contribution in [0, 0.1) is 5.41 Å². The molecule has 1 amide bonds. The number of amides is 1. The second kappa shape index (κ2) is 12.3. The monoisotopic (exact) mass is 494 g/mol. The number of nitrogens with two attached hydrogens (primary N) is 1. The molecule has 0 aliphatic heterocycles. The van der Waals surface area contributed by atoms with Crippen LogP contribution in [-0.2, 0) is 17.9 Å². The lowest BCUT2D eigenvalue weighted by molar-refractivity contribution is -0.122. The number of rotatable bonds is 11. The molecule has 7 nitrogen and oxygen atoms in total. The molecule has 7 heteroatoms. The van der Waals surface area contributed by atoms with Gasteiger partial charge in [0, 0.05) is 23.9 Å². The van der Waals surface area contributed by atoms with Crippen molar-refractivity contribution < 1.29 is 14.3 Å². The van der Waals surface area contributed by atoms with Crippen LogP contribution in [0.25, 0.3) is 0 Å². The van der Waals surface area contributed by atoms with E-state index in [2.05, 4.69) is 10.6 Å². The lowest BCUT2D eigenvalue weighted by atomic mass is 10.0. The molecule has 0 saturated carbocycles. The first-order chi connectivity index (χ1) is 18.0. The van der Waals surface area contributed by atoms with E-state index >= 15 is 0 Å². The number of nitrogen functional groups attached to an aromatic ring is 1. The molecule has 4 aromatic rings. The number of carbonyl (C=O) groups is 1. The van der Waals surface area contributed by atoms with Crippen molar-refractivity contribution in [2.45, 2.75) is 19.2 Å². The number of carbonyl (C=O) groups excluding carboxylic acids is 1. The van der Waals surface area contributed by atoms with E-state index < -0.39 is 6.04 Å². The number of ether oxygens (including phenoxy) is 2. The highest BCUT2D eigenvalue weighted by Gasteiger charge is 2.22. The number of nitrogens with one attached hydrogen (secondary N) is 3. The molecule has 0 fully saturated rings. The number of amidine groups is 1. The maximum absolute atomic E-state index is 13.5. The van der Waals surface area contributed by atoms with E-state index in [-0.39, 0.29) is 11.7 Å². The van der Waals surface area contributed by atoms with Crippen molar-refractivity contribution in [3.63, 3.8) is 0 Å². The van der Waals surface area contributed by atoms with Crippen molar-refractivity contribution in [1.29, 1.82) is 5.41 Å². The van der Waals surface area contributed by atoms with Crippen LogP contribution in [0.2, 0.25) is 0 Å². The number of anilines is 1. The zero-order valence-electron chi connectivity index (χ0n) is 20.6. The number of hydrogen-bond acceptors (Lipinski definition) is 5. The van der Waals surface area contributed by atoms with Crippen molar-refractivity contribution in [3.05, 3.63) is 125 Å². The Balaban J connectivity index is 1.61. The zero-order chi connectivity index (χ0) is 26.0. The van der Waals surface area contributed by atoms with Crippen LogP contribution in [-0.4, -0.2) is 18.9 Å². The fourth-order valence-corrected chi connectivity index (χ4v) is 3.80. The van der Waals surface area contributed by atoms with Crippen LogP contribution in [0.4, 0.5) is 5.69 Å². The van der Waals surface area contributed by atoms with Gasteiger partial charge in [0.2, 0.25) is 5.91 Å². The van der Waals surface area contributed by atoms with Crippen LogP contribution >= 0.6 is 0 Å². The molecule has 0 aromatic heterocycles. The van der Waals surface area contributed by atoms with Crippen LogP contribution in [0.15, 0.2) is 103 Å². The van der Waals surface area contributed by atoms with E-state index in [4.69, 9.17) is 20.6 Å². The highest BCUT2D eigenvalue weighted by Crippen LogP contribution is 2.30. The molecule has 5 N–H and O–H groups in total. The second-order valence-electron chi connectivity index (χ2n) is 8.49. The Morgan fingerprint density at radius 1 is 0.865 bits per heavy atom. The van der Waals surface area contributed by atoms with Gasteiger partial charge in [0.15, 0.2) is 0 Å². The molecular weight excluding hydrogens is 464 g/mol. The highest BCUT2D eigenvalue weighted by molar-refractivity contribution is 5.95. The minimum Gasteiger partial charge on any atom is -0.497 e. The number of benzene rings is 4. The van der Waals surface area contributed by atoms with E-state index in [9.17, 15) is 4.79 Å². The van der Waals surface area contributed by atoms with Gasteiger partial charge in [0.25, 0.3) is 0 Å². The summed E-state index contributed by atoms with van der Waals surface area (Å²) in [7, 11) is 1.58. The predicted octanol–water partition coefficient (Wildman–Crippen LogP) is 5.03. The van der Waals surface area contributed by atoms with E-state index in [1.165, 1.54) is 0 Å². The number of hydrogen-bond donors (Lipinski definition) is 4. The van der Waals surface area contributed by atoms with E-state index in [1.54, 1.807) is 37.4 Å². The molecule has 0 spiro atoms. The lowest BCUT2D eigenvalue weighted by Gasteiger charge is -2.22. The third kappa shape index (κ3) is 7.11. The molecular formula is C30H30N4O3. The van der Waals surface area contributed by atoms with Gasteiger partial charge in [-0.25, -0.2) is 0 Å². The molecule has 0 heterocycles.